The van der Waals surface area contributed by atoms with Gasteiger partial charge in [-0.25, -0.2) is 15.0 Å². The third-order valence-corrected chi connectivity index (χ3v) is 4.04. The third kappa shape index (κ3) is 2.06. The van der Waals surface area contributed by atoms with Crippen molar-refractivity contribution in [1.29, 1.82) is 0 Å². The Balaban J connectivity index is 2.21. The number of pyridine rings is 1. The molecule has 3 aromatic heterocycles. The lowest BCUT2D eigenvalue weighted by Gasteiger charge is -2.15. The lowest BCUT2D eigenvalue weighted by Crippen LogP contribution is -2.12. The first-order valence-corrected chi connectivity index (χ1v) is 7.14. The van der Waals surface area contributed by atoms with Crippen molar-refractivity contribution in [2.75, 3.05) is 5.73 Å². The maximum atomic E-state index is 6.03. The van der Waals surface area contributed by atoms with Crippen LogP contribution in [0.2, 0.25) is 5.02 Å². The molecule has 2 N–H and O–H groups in total. The Hall–Kier alpha value is -1.66. The second-order valence-corrected chi connectivity index (χ2v) is 5.49. The first-order chi connectivity index (χ1) is 9.20. The van der Waals surface area contributed by atoms with Crippen molar-refractivity contribution in [3.63, 3.8) is 0 Å². The van der Waals surface area contributed by atoms with Crippen molar-refractivity contribution in [2.45, 2.75) is 19.4 Å². The Labute approximate surface area is 119 Å². The number of anilines is 1. The molecule has 0 bridgehead atoms. The van der Waals surface area contributed by atoms with E-state index in [1.54, 1.807) is 29.8 Å². The lowest BCUT2D eigenvalue weighted by molar-refractivity contribution is 0.582. The summed E-state index contributed by atoms with van der Waals surface area (Å²) in [6, 6.07) is 1.82. The van der Waals surface area contributed by atoms with E-state index in [9.17, 15) is 0 Å². The molecule has 3 rings (SSSR count). The number of rotatable bonds is 3. The van der Waals surface area contributed by atoms with Gasteiger partial charge in [0, 0.05) is 17.8 Å². The standard InChI is InChI=1S/C12H12ClN5S/c1-2-9(11-15-3-4-19-11)18-10-8(17-12(18)14)5-7(13)6-16-10/h3-6,9H,2H2,1H3,(H2,14,17). The summed E-state index contributed by atoms with van der Waals surface area (Å²) in [5.41, 5.74) is 7.48. The summed E-state index contributed by atoms with van der Waals surface area (Å²) in [5.74, 6) is 0.437. The van der Waals surface area contributed by atoms with E-state index in [0.717, 1.165) is 17.1 Å². The molecule has 0 spiro atoms. The molecule has 0 fully saturated rings. The molecule has 1 atom stereocenters. The fourth-order valence-electron chi connectivity index (χ4n) is 2.15. The number of halogens is 1. The number of hydrogen-bond donors (Lipinski definition) is 1. The smallest absolute Gasteiger partial charge is 0.203 e. The van der Waals surface area contributed by atoms with Crippen molar-refractivity contribution in [1.82, 2.24) is 19.5 Å². The lowest BCUT2D eigenvalue weighted by atomic mass is 10.2. The zero-order chi connectivity index (χ0) is 13.4. The average Bonchev–Trinajstić information content (AvgIpc) is 2.99. The van der Waals surface area contributed by atoms with E-state index in [-0.39, 0.29) is 6.04 Å². The minimum Gasteiger partial charge on any atom is -0.369 e. The highest BCUT2D eigenvalue weighted by Crippen LogP contribution is 2.30. The zero-order valence-electron chi connectivity index (χ0n) is 10.2. The van der Waals surface area contributed by atoms with E-state index in [0.29, 0.717) is 16.5 Å². The van der Waals surface area contributed by atoms with Crippen LogP contribution in [0.25, 0.3) is 11.2 Å². The van der Waals surface area contributed by atoms with E-state index < -0.39 is 0 Å². The highest BCUT2D eigenvalue weighted by atomic mass is 35.5. The van der Waals surface area contributed by atoms with Crippen molar-refractivity contribution < 1.29 is 0 Å². The predicted octanol–water partition coefficient (Wildman–Crippen LogP) is 3.12. The van der Waals surface area contributed by atoms with Gasteiger partial charge in [-0.1, -0.05) is 18.5 Å². The summed E-state index contributed by atoms with van der Waals surface area (Å²) < 4.78 is 1.92. The molecule has 0 radical (unpaired) electrons. The Kier molecular flexibility index (Phi) is 3.12. The van der Waals surface area contributed by atoms with Gasteiger partial charge in [-0.2, -0.15) is 0 Å². The maximum Gasteiger partial charge on any atom is 0.203 e. The SMILES string of the molecule is CCC(c1nccs1)n1c(N)nc2cc(Cl)cnc21. The summed E-state index contributed by atoms with van der Waals surface area (Å²) in [7, 11) is 0. The monoisotopic (exact) mass is 293 g/mol. The highest BCUT2D eigenvalue weighted by Gasteiger charge is 2.21. The largest absolute Gasteiger partial charge is 0.369 e. The maximum absolute atomic E-state index is 6.03. The van der Waals surface area contributed by atoms with Crippen LogP contribution in [0, 0.1) is 0 Å². The van der Waals surface area contributed by atoms with Crippen LogP contribution in [0.5, 0.6) is 0 Å². The Morgan fingerprint density at radius 1 is 1.47 bits per heavy atom. The van der Waals surface area contributed by atoms with Crippen LogP contribution >= 0.6 is 22.9 Å². The van der Waals surface area contributed by atoms with Crippen LogP contribution in [0.1, 0.15) is 24.4 Å². The normalized spacial score (nSPS) is 12.9. The topological polar surface area (TPSA) is 69.6 Å². The number of nitrogens with zero attached hydrogens (tertiary/aromatic N) is 4. The molecule has 7 heteroatoms. The molecule has 0 aromatic carbocycles. The molecule has 0 saturated heterocycles. The molecule has 0 aliphatic rings. The number of fused-ring (bicyclic) bond motifs is 1. The van der Waals surface area contributed by atoms with Crippen LogP contribution in [0.15, 0.2) is 23.8 Å². The van der Waals surface area contributed by atoms with Crippen LogP contribution in [0.4, 0.5) is 5.95 Å². The minimum absolute atomic E-state index is 0.0543. The molecule has 1 unspecified atom stereocenters. The van der Waals surface area contributed by atoms with E-state index in [1.807, 2.05) is 9.95 Å². The van der Waals surface area contributed by atoms with E-state index >= 15 is 0 Å². The zero-order valence-corrected chi connectivity index (χ0v) is 11.8. The molecular formula is C12H12ClN5S. The number of thiazole rings is 1. The fraction of sp³-hybridized carbons (Fsp3) is 0.250. The predicted molar refractivity (Wildman–Crippen MR) is 77.5 cm³/mol. The Morgan fingerprint density at radius 3 is 3.00 bits per heavy atom. The van der Waals surface area contributed by atoms with Crippen LogP contribution in [-0.4, -0.2) is 19.5 Å². The molecule has 0 aliphatic heterocycles. The third-order valence-electron chi connectivity index (χ3n) is 2.96. The van der Waals surface area contributed by atoms with Crippen LogP contribution < -0.4 is 5.73 Å². The minimum atomic E-state index is 0.0543. The van der Waals surface area contributed by atoms with Crippen molar-refractivity contribution >= 4 is 40.0 Å². The van der Waals surface area contributed by atoms with Crippen molar-refractivity contribution in [2.24, 2.45) is 0 Å². The first-order valence-electron chi connectivity index (χ1n) is 5.89. The summed E-state index contributed by atoms with van der Waals surface area (Å²) >= 11 is 7.54. The van der Waals surface area contributed by atoms with Gasteiger partial charge < -0.3 is 5.73 Å². The highest BCUT2D eigenvalue weighted by molar-refractivity contribution is 7.09. The second-order valence-electron chi connectivity index (χ2n) is 4.13. The van der Waals surface area contributed by atoms with E-state index in [2.05, 4.69) is 21.9 Å². The molecule has 3 aromatic rings. The summed E-state index contributed by atoms with van der Waals surface area (Å²) in [5, 5.41) is 3.52. The molecule has 98 valence electrons. The number of nitrogen functional groups attached to an aromatic ring is 1. The summed E-state index contributed by atoms with van der Waals surface area (Å²) in [6.07, 6.45) is 4.27. The van der Waals surface area contributed by atoms with Gasteiger partial charge in [0.15, 0.2) is 5.65 Å². The Morgan fingerprint density at radius 2 is 2.32 bits per heavy atom. The molecule has 0 aliphatic carbocycles. The van der Waals surface area contributed by atoms with Gasteiger partial charge in [0.2, 0.25) is 5.95 Å². The molecule has 19 heavy (non-hydrogen) atoms. The number of imidazole rings is 1. The number of nitrogens with two attached hydrogens (primary N) is 1. The van der Waals surface area contributed by atoms with Crippen LogP contribution in [0.3, 0.4) is 0 Å². The molecule has 3 heterocycles. The van der Waals surface area contributed by atoms with Gasteiger partial charge in [0.1, 0.15) is 10.5 Å². The molecular weight excluding hydrogens is 282 g/mol. The van der Waals surface area contributed by atoms with E-state index in [4.69, 9.17) is 17.3 Å². The Bertz CT molecular complexity index is 706. The van der Waals surface area contributed by atoms with Crippen molar-refractivity contribution in [3.8, 4) is 0 Å². The quantitative estimate of drug-likeness (QED) is 0.805. The van der Waals surface area contributed by atoms with Gasteiger partial charge in [-0.3, -0.25) is 4.57 Å². The van der Waals surface area contributed by atoms with Gasteiger partial charge in [-0.05, 0) is 12.5 Å². The fourth-order valence-corrected chi connectivity index (χ4v) is 3.11. The average molecular weight is 294 g/mol. The molecule has 0 amide bonds. The summed E-state index contributed by atoms with van der Waals surface area (Å²) in [4.78, 5) is 13.0. The summed E-state index contributed by atoms with van der Waals surface area (Å²) in [6.45, 7) is 2.09. The van der Waals surface area contributed by atoms with Crippen molar-refractivity contribution in [3.05, 3.63) is 33.9 Å². The van der Waals surface area contributed by atoms with Gasteiger partial charge in [0.25, 0.3) is 0 Å². The number of hydrogen-bond acceptors (Lipinski definition) is 5. The number of aromatic nitrogens is 4. The van der Waals surface area contributed by atoms with Gasteiger partial charge >= 0.3 is 0 Å². The van der Waals surface area contributed by atoms with E-state index in [1.165, 1.54) is 0 Å². The van der Waals surface area contributed by atoms with Crippen LogP contribution in [-0.2, 0) is 0 Å². The van der Waals surface area contributed by atoms with Gasteiger partial charge in [-0.15, -0.1) is 11.3 Å². The molecule has 5 nitrogen and oxygen atoms in total. The first kappa shape index (κ1) is 12.4. The molecule has 0 saturated carbocycles. The second kappa shape index (κ2) is 4.79. The van der Waals surface area contributed by atoms with Gasteiger partial charge in [0.05, 0.1) is 11.1 Å².